The zero-order chi connectivity index (χ0) is 20.3. The standard InChI is InChI=1S/C20H21N3O4S/c1-11-12(2)28-19-17(11)18(25)22-15(23-19)8-9-16(24)21-14(20(26)27)10-13-6-4-3-5-7-13/h3-7,14H,8-10H2,1-2H3,(H,21,24)(H,26,27)(H,22,23,25). The smallest absolute Gasteiger partial charge is 0.326 e. The van der Waals surface area contributed by atoms with Crippen molar-refractivity contribution in [2.75, 3.05) is 0 Å². The first-order chi connectivity index (χ1) is 13.3. The Labute approximate surface area is 165 Å². The van der Waals surface area contributed by atoms with Crippen LogP contribution in [0.2, 0.25) is 0 Å². The molecule has 28 heavy (non-hydrogen) atoms. The summed E-state index contributed by atoms with van der Waals surface area (Å²) in [4.78, 5) is 44.8. The minimum atomic E-state index is -1.09. The number of aromatic amines is 1. The Bertz CT molecular complexity index is 1070. The van der Waals surface area contributed by atoms with Crippen molar-refractivity contribution in [3.8, 4) is 0 Å². The lowest BCUT2D eigenvalue weighted by molar-refractivity contribution is -0.141. The second-order valence-corrected chi connectivity index (χ2v) is 7.83. The number of nitrogens with zero attached hydrogens (tertiary/aromatic N) is 1. The maximum absolute atomic E-state index is 12.3. The first kappa shape index (κ1) is 19.8. The summed E-state index contributed by atoms with van der Waals surface area (Å²) < 4.78 is 0. The SMILES string of the molecule is Cc1sc2nc(CCC(=O)NC(Cc3ccccc3)C(=O)O)[nH]c(=O)c2c1C. The lowest BCUT2D eigenvalue weighted by atomic mass is 10.1. The third kappa shape index (κ3) is 4.45. The van der Waals surface area contributed by atoms with Crippen LogP contribution < -0.4 is 10.9 Å². The molecule has 0 spiro atoms. The number of amides is 1. The van der Waals surface area contributed by atoms with Crippen LogP contribution in [-0.2, 0) is 22.4 Å². The number of nitrogens with one attached hydrogen (secondary N) is 2. The molecule has 1 amide bonds. The average molecular weight is 399 g/mol. The first-order valence-corrected chi connectivity index (χ1v) is 9.71. The van der Waals surface area contributed by atoms with Crippen molar-refractivity contribution in [2.24, 2.45) is 0 Å². The number of carbonyl (C=O) groups is 2. The molecule has 0 radical (unpaired) electrons. The van der Waals surface area contributed by atoms with Gasteiger partial charge in [-0.1, -0.05) is 30.3 Å². The minimum absolute atomic E-state index is 0.0381. The highest BCUT2D eigenvalue weighted by Gasteiger charge is 2.20. The Morgan fingerprint density at radius 1 is 1.25 bits per heavy atom. The molecule has 3 aromatic rings. The summed E-state index contributed by atoms with van der Waals surface area (Å²) in [6.07, 6.45) is 0.470. The molecule has 1 aromatic carbocycles. The normalized spacial score (nSPS) is 12.1. The number of aromatic nitrogens is 2. The molecule has 0 aliphatic heterocycles. The van der Waals surface area contributed by atoms with Gasteiger partial charge in [-0.15, -0.1) is 11.3 Å². The number of aliphatic carboxylic acids is 1. The summed E-state index contributed by atoms with van der Waals surface area (Å²) in [7, 11) is 0. The van der Waals surface area contributed by atoms with Gasteiger partial charge in [-0.25, -0.2) is 9.78 Å². The molecule has 0 aliphatic carbocycles. The monoisotopic (exact) mass is 399 g/mol. The van der Waals surface area contributed by atoms with Gasteiger partial charge in [0.25, 0.3) is 5.56 Å². The van der Waals surface area contributed by atoms with Crippen molar-refractivity contribution in [3.05, 3.63) is 62.5 Å². The zero-order valence-corrected chi connectivity index (χ0v) is 16.4. The van der Waals surface area contributed by atoms with Gasteiger partial charge in [-0.2, -0.15) is 0 Å². The van der Waals surface area contributed by atoms with Crippen molar-refractivity contribution < 1.29 is 14.7 Å². The summed E-state index contributed by atoms with van der Waals surface area (Å²) in [6.45, 7) is 3.82. The van der Waals surface area contributed by atoms with Crippen LogP contribution in [0.3, 0.4) is 0 Å². The molecule has 146 valence electrons. The second-order valence-electron chi connectivity index (χ2n) is 6.62. The van der Waals surface area contributed by atoms with E-state index in [2.05, 4.69) is 15.3 Å². The van der Waals surface area contributed by atoms with Gasteiger partial charge < -0.3 is 15.4 Å². The topological polar surface area (TPSA) is 112 Å². The Morgan fingerprint density at radius 3 is 2.64 bits per heavy atom. The summed E-state index contributed by atoms with van der Waals surface area (Å²) >= 11 is 1.45. The van der Waals surface area contributed by atoms with Gasteiger partial charge in [0, 0.05) is 24.1 Å². The number of H-pyrrole nitrogens is 1. The van der Waals surface area contributed by atoms with Crippen molar-refractivity contribution in [1.82, 2.24) is 15.3 Å². The fraction of sp³-hybridized carbons (Fsp3) is 0.300. The number of carboxylic acids is 1. The molecule has 3 N–H and O–H groups in total. The van der Waals surface area contributed by atoms with Crippen molar-refractivity contribution in [2.45, 2.75) is 39.2 Å². The molecule has 0 saturated carbocycles. The van der Waals surface area contributed by atoms with Gasteiger partial charge in [-0.05, 0) is 25.0 Å². The number of aryl methyl sites for hydroxylation is 3. The molecule has 0 aliphatic rings. The number of rotatable bonds is 7. The van der Waals surface area contributed by atoms with Crippen molar-refractivity contribution in [3.63, 3.8) is 0 Å². The molecule has 0 bridgehead atoms. The highest BCUT2D eigenvalue weighted by molar-refractivity contribution is 7.18. The van der Waals surface area contributed by atoms with Gasteiger partial charge >= 0.3 is 5.97 Å². The van der Waals surface area contributed by atoms with Gasteiger partial charge in [-0.3, -0.25) is 9.59 Å². The first-order valence-electron chi connectivity index (χ1n) is 8.90. The van der Waals surface area contributed by atoms with Gasteiger partial charge in [0.2, 0.25) is 5.91 Å². The molecule has 7 nitrogen and oxygen atoms in total. The summed E-state index contributed by atoms with van der Waals surface area (Å²) in [6, 6.07) is 8.12. The molecule has 8 heteroatoms. The number of thiophene rings is 1. The van der Waals surface area contributed by atoms with Crippen LogP contribution in [0.4, 0.5) is 0 Å². The Kier molecular flexibility index (Phi) is 5.89. The molecule has 2 heterocycles. The lowest BCUT2D eigenvalue weighted by Crippen LogP contribution is -2.42. The molecular weight excluding hydrogens is 378 g/mol. The van der Waals surface area contributed by atoms with Crippen LogP contribution in [0.5, 0.6) is 0 Å². The average Bonchev–Trinajstić information content (AvgIpc) is 2.94. The quantitative estimate of drug-likeness (QED) is 0.565. The summed E-state index contributed by atoms with van der Waals surface area (Å²) in [5, 5.41) is 12.5. The van der Waals surface area contributed by atoms with E-state index in [-0.39, 0.29) is 24.8 Å². The third-order valence-corrected chi connectivity index (χ3v) is 5.69. The van der Waals surface area contributed by atoms with E-state index >= 15 is 0 Å². The summed E-state index contributed by atoms with van der Waals surface area (Å²) in [5.74, 6) is -1.07. The molecule has 0 fully saturated rings. The molecule has 1 atom stereocenters. The Hall–Kier alpha value is -3.00. The fourth-order valence-electron chi connectivity index (χ4n) is 2.97. The number of carbonyl (C=O) groups excluding carboxylic acids is 1. The van der Waals surface area contributed by atoms with Crippen LogP contribution in [-0.4, -0.2) is 33.0 Å². The van der Waals surface area contributed by atoms with Crippen molar-refractivity contribution in [1.29, 1.82) is 0 Å². The summed E-state index contributed by atoms with van der Waals surface area (Å²) in [5.41, 5.74) is 1.54. The maximum Gasteiger partial charge on any atom is 0.326 e. The fourth-order valence-corrected chi connectivity index (χ4v) is 4.01. The van der Waals surface area contributed by atoms with E-state index in [1.54, 1.807) is 0 Å². The number of carboxylic acid groups (broad SMARTS) is 1. The minimum Gasteiger partial charge on any atom is -0.480 e. The lowest BCUT2D eigenvalue weighted by Gasteiger charge is -2.14. The van der Waals surface area contributed by atoms with E-state index in [9.17, 15) is 19.5 Å². The molecule has 0 saturated heterocycles. The van der Waals surface area contributed by atoms with Gasteiger partial charge in [0.15, 0.2) is 0 Å². The maximum atomic E-state index is 12.3. The van der Waals surface area contributed by atoms with Crippen LogP contribution in [0.1, 0.15) is 28.2 Å². The van der Waals surface area contributed by atoms with Gasteiger partial charge in [0.1, 0.15) is 16.7 Å². The van der Waals surface area contributed by atoms with E-state index in [1.165, 1.54) is 11.3 Å². The molecular formula is C20H21N3O4S. The molecule has 3 rings (SSSR count). The highest BCUT2D eigenvalue weighted by Crippen LogP contribution is 2.25. The van der Waals surface area contributed by atoms with E-state index in [0.29, 0.717) is 16.0 Å². The predicted molar refractivity (Wildman–Crippen MR) is 108 cm³/mol. The number of hydrogen-bond donors (Lipinski definition) is 3. The predicted octanol–water partition coefficient (Wildman–Crippen LogP) is 2.35. The largest absolute Gasteiger partial charge is 0.480 e. The third-order valence-electron chi connectivity index (χ3n) is 4.59. The van der Waals surface area contributed by atoms with Crippen LogP contribution in [0.25, 0.3) is 10.2 Å². The Balaban J connectivity index is 1.65. The number of fused-ring (bicyclic) bond motifs is 1. The number of benzene rings is 1. The van der Waals surface area contributed by atoms with E-state index < -0.39 is 17.9 Å². The van der Waals surface area contributed by atoms with Crippen LogP contribution in [0.15, 0.2) is 35.1 Å². The Morgan fingerprint density at radius 2 is 1.96 bits per heavy atom. The highest BCUT2D eigenvalue weighted by atomic mass is 32.1. The number of hydrogen-bond acceptors (Lipinski definition) is 5. The molecule has 2 aromatic heterocycles. The second kappa shape index (κ2) is 8.35. The van der Waals surface area contributed by atoms with E-state index in [0.717, 1.165) is 16.0 Å². The van der Waals surface area contributed by atoms with Crippen LogP contribution in [0, 0.1) is 13.8 Å². The van der Waals surface area contributed by atoms with E-state index in [4.69, 9.17) is 0 Å². The van der Waals surface area contributed by atoms with Crippen molar-refractivity contribution >= 4 is 33.4 Å². The van der Waals surface area contributed by atoms with Crippen LogP contribution >= 0.6 is 11.3 Å². The van der Waals surface area contributed by atoms with Gasteiger partial charge in [0.05, 0.1) is 5.39 Å². The van der Waals surface area contributed by atoms with E-state index in [1.807, 2.05) is 44.2 Å². The zero-order valence-electron chi connectivity index (χ0n) is 15.6. The molecule has 1 unspecified atom stereocenters.